The summed E-state index contributed by atoms with van der Waals surface area (Å²) in [6.45, 7) is 0.0762. The number of anilines is 1. The number of nitro benzene ring substituents is 1. The van der Waals surface area contributed by atoms with Crippen LogP contribution in [0.4, 0.5) is 11.4 Å². The largest absolute Gasteiger partial charge is 0.388 e. The predicted molar refractivity (Wildman–Crippen MR) is 77.7 cm³/mol. The Bertz CT molecular complexity index is 807. The third kappa shape index (κ3) is 2.83. The molecule has 1 aromatic carbocycles. The van der Waals surface area contributed by atoms with E-state index in [0.29, 0.717) is 11.3 Å². The van der Waals surface area contributed by atoms with E-state index in [2.05, 4.69) is 5.32 Å². The van der Waals surface area contributed by atoms with Gasteiger partial charge >= 0.3 is 11.1 Å². The molecule has 0 aliphatic rings. The summed E-state index contributed by atoms with van der Waals surface area (Å²) in [5, 5.41) is 13.7. The lowest BCUT2D eigenvalue weighted by Crippen LogP contribution is -2.39. The molecule has 0 bridgehead atoms. The molecule has 0 amide bonds. The number of nitrogens with one attached hydrogen (secondary N) is 1. The van der Waals surface area contributed by atoms with E-state index in [9.17, 15) is 19.7 Å². The minimum absolute atomic E-state index is 0.0686. The fraction of sp³-hybridized carbons (Fsp3) is 0.231. The van der Waals surface area contributed by atoms with Crippen molar-refractivity contribution >= 4 is 11.4 Å². The average molecular weight is 290 g/mol. The van der Waals surface area contributed by atoms with Crippen molar-refractivity contribution in [3.8, 4) is 0 Å². The van der Waals surface area contributed by atoms with Gasteiger partial charge in [-0.15, -0.1) is 0 Å². The first-order valence-corrected chi connectivity index (χ1v) is 6.15. The number of nitro groups is 1. The Morgan fingerprint density at radius 1 is 1.24 bits per heavy atom. The monoisotopic (exact) mass is 290 g/mol. The van der Waals surface area contributed by atoms with Crippen molar-refractivity contribution in [3.63, 3.8) is 0 Å². The molecule has 1 aromatic heterocycles. The van der Waals surface area contributed by atoms with Gasteiger partial charge in [-0.25, -0.2) is 0 Å². The number of hydrogen-bond acceptors (Lipinski definition) is 5. The van der Waals surface area contributed by atoms with E-state index >= 15 is 0 Å². The first kappa shape index (κ1) is 14.5. The second kappa shape index (κ2) is 5.61. The van der Waals surface area contributed by atoms with Crippen LogP contribution in [0.15, 0.2) is 40.2 Å². The Morgan fingerprint density at radius 3 is 2.57 bits per heavy atom. The third-order valence-corrected chi connectivity index (χ3v) is 3.14. The van der Waals surface area contributed by atoms with Crippen LogP contribution >= 0.6 is 0 Å². The Balaban J connectivity index is 2.50. The van der Waals surface area contributed by atoms with E-state index in [0.717, 1.165) is 0 Å². The Morgan fingerprint density at radius 2 is 1.95 bits per heavy atom. The molecule has 8 nitrogen and oxygen atoms in total. The van der Waals surface area contributed by atoms with Gasteiger partial charge in [0.2, 0.25) is 0 Å². The van der Waals surface area contributed by atoms with Crippen molar-refractivity contribution in [2.75, 3.05) is 12.4 Å². The normalized spacial score (nSPS) is 10.4. The quantitative estimate of drug-likeness (QED) is 0.503. The highest BCUT2D eigenvalue weighted by atomic mass is 16.6. The highest BCUT2D eigenvalue weighted by Crippen LogP contribution is 2.22. The molecule has 0 aliphatic heterocycles. The molecule has 8 heteroatoms. The standard InChI is InChI=1S/C13H14N4O4/c1-14-11-4-3-10(17(20)21)7-9(11)8-16-6-5-15(2)12(18)13(16)19/h3-7,14H,8H2,1-2H3. The van der Waals surface area contributed by atoms with Crippen LogP contribution in [-0.2, 0) is 13.6 Å². The number of aryl methyl sites for hydroxylation is 1. The van der Waals surface area contributed by atoms with Gasteiger partial charge in [-0.05, 0) is 6.07 Å². The van der Waals surface area contributed by atoms with Gasteiger partial charge in [-0.2, -0.15) is 0 Å². The molecule has 0 fully saturated rings. The molecule has 0 saturated heterocycles. The molecule has 21 heavy (non-hydrogen) atoms. The van der Waals surface area contributed by atoms with Crippen LogP contribution in [-0.4, -0.2) is 21.1 Å². The van der Waals surface area contributed by atoms with Gasteiger partial charge in [0, 0.05) is 49.9 Å². The summed E-state index contributed by atoms with van der Waals surface area (Å²) >= 11 is 0. The summed E-state index contributed by atoms with van der Waals surface area (Å²) < 4.78 is 2.41. The maximum absolute atomic E-state index is 11.9. The zero-order valence-electron chi connectivity index (χ0n) is 11.6. The van der Waals surface area contributed by atoms with Crippen molar-refractivity contribution in [1.29, 1.82) is 0 Å². The molecule has 0 aliphatic carbocycles. The molecule has 0 radical (unpaired) electrons. The molecule has 0 unspecified atom stereocenters. The van der Waals surface area contributed by atoms with E-state index in [1.807, 2.05) is 0 Å². The predicted octanol–water partition coefficient (Wildman–Crippen LogP) is 0.545. The van der Waals surface area contributed by atoms with Crippen LogP contribution < -0.4 is 16.4 Å². The molecule has 0 saturated carbocycles. The van der Waals surface area contributed by atoms with Crippen molar-refractivity contribution in [3.05, 3.63) is 67.0 Å². The third-order valence-electron chi connectivity index (χ3n) is 3.14. The first-order chi connectivity index (χ1) is 9.93. The van der Waals surface area contributed by atoms with Crippen LogP contribution in [0.1, 0.15) is 5.56 Å². The van der Waals surface area contributed by atoms with Crippen LogP contribution in [0.25, 0.3) is 0 Å². The minimum atomic E-state index is -0.673. The molecule has 0 spiro atoms. The number of aromatic nitrogens is 2. The lowest BCUT2D eigenvalue weighted by Gasteiger charge is -2.11. The molecule has 110 valence electrons. The highest BCUT2D eigenvalue weighted by molar-refractivity contribution is 5.55. The van der Waals surface area contributed by atoms with Crippen LogP contribution in [0.3, 0.4) is 0 Å². The van der Waals surface area contributed by atoms with Crippen LogP contribution in [0.5, 0.6) is 0 Å². The summed E-state index contributed by atoms with van der Waals surface area (Å²) in [5.74, 6) is 0. The molecular weight excluding hydrogens is 276 g/mol. The minimum Gasteiger partial charge on any atom is -0.388 e. The van der Waals surface area contributed by atoms with Gasteiger partial charge in [0.25, 0.3) is 5.69 Å². The number of nitrogens with zero attached hydrogens (tertiary/aromatic N) is 3. The van der Waals surface area contributed by atoms with Crippen molar-refractivity contribution < 1.29 is 4.92 Å². The van der Waals surface area contributed by atoms with Crippen molar-refractivity contribution in [2.45, 2.75) is 6.54 Å². The molecule has 2 aromatic rings. The van der Waals surface area contributed by atoms with E-state index in [4.69, 9.17) is 0 Å². The molecule has 1 heterocycles. The molecular formula is C13H14N4O4. The Labute approximate surface area is 119 Å². The summed E-state index contributed by atoms with van der Waals surface area (Å²) in [6, 6.07) is 4.33. The maximum atomic E-state index is 11.9. The first-order valence-electron chi connectivity index (χ1n) is 6.15. The van der Waals surface area contributed by atoms with Crippen LogP contribution in [0, 0.1) is 10.1 Å². The zero-order chi connectivity index (χ0) is 15.6. The molecule has 2 rings (SSSR count). The number of benzene rings is 1. The van der Waals surface area contributed by atoms with E-state index in [1.165, 1.54) is 40.7 Å². The number of hydrogen-bond donors (Lipinski definition) is 1. The molecule has 1 N–H and O–H groups in total. The number of rotatable bonds is 4. The second-order valence-corrected chi connectivity index (χ2v) is 4.50. The van der Waals surface area contributed by atoms with E-state index < -0.39 is 16.0 Å². The van der Waals surface area contributed by atoms with Gasteiger partial charge in [0.1, 0.15) is 0 Å². The van der Waals surface area contributed by atoms with Gasteiger partial charge in [0.05, 0.1) is 11.5 Å². The Kier molecular flexibility index (Phi) is 3.88. The lowest BCUT2D eigenvalue weighted by molar-refractivity contribution is -0.384. The summed E-state index contributed by atoms with van der Waals surface area (Å²) in [5.41, 5.74) is -0.168. The summed E-state index contributed by atoms with van der Waals surface area (Å²) in [6.07, 6.45) is 2.95. The Hall–Kier alpha value is -2.90. The molecule has 0 atom stereocenters. The topological polar surface area (TPSA) is 99.2 Å². The van der Waals surface area contributed by atoms with E-state index in [1.54, 1.807) is 13.1 Å². The van der Waals surface area contributed by atoms with Gasteiger partial charge in [-0.3, -0.25) is 19.7 Å². The fourth-order valence-corrected chi connectivity index (χ4v) is 1.97. The fourth-order valence-electron chi connectivity index (χ4n) is 1.97. The SMILES string of the molecule is CNc1ccc([N+](=O)[O-])cc1Cn1ccn(C)c(=O)c1=O. The average Bonchev–Trinajstić information content (AvgIpc) is 2.47. The van der Waals surface area contributed by atoms with E-state index in [-0.39, 0.29) is 12.2 Å². The van der Waals surface area contributed by atoms with Gasteiger partial charge in [-0.1, -0.05) is 0 Å². The lowest BCUT2D eigenvalue weighted by atomic mass is 10.1. The van der Waals surface area contributed by atoms with Gasteiger partial charge in [0.15, 0.2) is 0 Å². The maximum Gasteiger partial charge on any atom is 0.316 e. The summed E-state index contributed by atoms with van der Waals surface area (Å²) in [4.78, 5) is 33.8. The smallest absolute Gasteiger partial charge is 0.316 e. The summed E-state index contributed by atoms with van der Waals surface area (Å²) in [7, 11) is 3.16. The van der Waals surface area contributed by atoms with Crippen LogP contribution in [0.2, 0.25) is 0 Å². The number of non-ortho nitro benzene ring substituents is 1. The highest BCUT2D eigenvalue weighted by Gasteiger charge is 2.12. The van der Waals surface area contributed by atoms with Crippen molar-refractivity contribution in [2.24, 2.45) is 7.05 Å². The second-order valence-electron chi connectivity index (χ2n) is 4.50. The zero-order valence-corrected chi connectivity index (χ0v) is 11.6. The van der Waals surface area contributed by atoms with Gasteiger partial charge < -0.3 is 14.5 Å². The van der Waals surface area contributed by atoms with Crippen molar-refractivity contribution in [1.82, 2.24) is 9.13 Å².